The molecule has 0 saturated carbocycles. The molecule has 1 aromatic carbocycles. The van der Waals surface area contributed by atoms with Gasteiger partial charge in [-0.15, -0.1) is 0 Å². The molecule has 0 unspecified atom stereocenters. The van der Waals surface area contributed by atoms with Crippen LogP contribution in [0.15, 0.2) is 12.1 Å². The number of rotatable bonds is 4. The van der Waals surface area contributed by atoms with Crippen LogP contribution in [0.25, 0.3) is 0 Å². The smallest absolute Gasteiger partial charge is 0.379 e. The van der Waals surface area contributed by atoms with E-state index in [-0.39, 0.29) is 17.3 Å². The van der Waals surface area contributed by atoms with Crippen LogP contribution in [0.5, 0.6) is 11.5 Å². The quantitative estimate of drug-likeness (QED) is 0.474. The van der Waals surface area contributed by atoms with Gasteiger partial charge in [0.15, 0.2) is 0 Å². The minimum absolute atomic E-state index is 0.130. The SMILES string of the molecule is CCC(=O)C(=O)Oc1c(C(C)(C)C)cc(OC)cc1C(C)(C)C. The van der Waals surface area contributed by atoms with Crippen LogP contribution in [-0.4, -0.2) is 18.9 Å². The van der Waals surface area contributed by atoms with Gasteiger partial charge in [-0.3, -0.25) is 4.79 Å². The third-order valence-corrected chi connectivity index (χ3v) is 3.66. The second-order valence-electron chi connectivity index (χ2n) is 7.72. The number of ether oxygens (including phenoxy) is 2. The van der Waals surface area contributed by atoms with Crippen LogP contribution >= 0.6 is 0 Å². The van der Waals surface area contributed by atoms with E-state index < -0.39 is 11.8 Å². The van der Waals surface area contributed by atoms with Crippen molar-refractivity contribution in [3.8, 4) is 11.5 Å². The van der Waals surface area contributed by atoms with Crippen LogP contribution in [-0.2, 0) is 20.4 Å². The number of Topliss-reactive ketones (excluding diaryl/α,β-unsaturated/α-hetero) is 1. The Hall–Kier alpha value is -1.84. The van der Waals surface area contributed by atoms with Gasteiger partial charge in [0.05, 0.1) is 7.11 Å². The first-order chi connectivity index (χ1) is 10.4. The lowest BCUT2D eigenvalue weighted by atomic mass is 9.79. The molecule has 0 aromatic heterocycles. The molecule has 0 aliphatic heterocycles. The zero-order valence-corrected chi connectivity index (χ0v) is 15.5. The Labute approximate surface area is 139 Å². The topological polar surface area (TPSA) is 52.6 Å². The lowest BCUT2D eigenvalue weighted by Crippen LogP contribution is -2.25. The van der Waals surface area contributed by atoms with E-state index in [2.05, 4.69) is 0 Å². The highest BCUT2D eigenvalue weighted by Gasteiger charge is 2.30. The summed E-state index contributed by atoms with van der Waals surface area (Å²) in [6.45, 7) is 13.9. The van der Waals surface area contributed by atoms with Crippen molar-refractivity contribution in [3.05, 3.63) is 23.3 Å². The van der Waals surface area contributed by atoms with Crippen molar-refractivity contribution in [1.82, 2.24) is 0 Å². The third-order valence-electron chi connectivity index (χ3n) is 3.66. The van der Waals surface area contributed by atoms with Crippen LogP contribution in [0.3, 0.4) is 0 Å². The number of methoxy groups -OCH3 is 1. The number of benzene rings is 1. The summed E-state index contributed by atoms with van der Waals surface area (Å²) in [5, 5.41) is 0. The zero-order chi connectivity index (χ0) is 18.0. The molecule has 4 heteroatoms. The molecular weight excluding hydrogens is 292 g/mol. The highest BCUT2D eigenvalue weighted by atomic mass is 16.5. The molecule has 0 aliphatic carbocycles. The van der Waals surface area contributed by atoms with Gasteiger partial charge in [-0.1, -0.05) is 48.5 Å². The second kappa shape index (κ2) is 6.73. The molecule has 0 saturated heterocycles. The number of hydrogen-bond acceptors (Lipinski definition) is 4. The van der Waals surface area contributed by atoms with Gasteiger partial charge in [-0.2, -0.15) is 0 Å². The fraction of sp³-hybridized carbons (Fsp3) is 0.579. The maximum atomic E-state index is 12.1. The van der Waals surface area contributed by atoms with Crippen molar-refractivity contribution in [2.75, 3.05) is 7.11 Å². The van der Waals surface area contributed by atoms with Crippen LogP contribution in [0.1, 0.15) is 66.0 Å². The molecule has 0 bridgehead atoms. The number of esters is 1. The lowest BCUT2D eigenvalue weighted by molar-refractivity contribution is -0.147. The molecule has 0 amide bonds. The van der Waals surface area contributed by atoms with Crippen molar-refractivity contribution in [2.24, 2.45) is 0 Å². The van der Waals surface area contributed by atoms with Gasteiger partial charge < -0.3 is 9.47 Å². The molecule has 1 aromatic rings. The maximum absolute atomic E-state index is 12.1. The van der Waals surface area contributed by atoms with Gasteiger partial charge in [-0.25, -0.2) is 4.79 Å². The summed E-state index contributed by atoms with van der Waals surface area (Å²) in [4.78, 5) is 23.7. The normalized spacial score (nSPS) is 12.0. The average molecular weight is 320 g/mol. The highest BCUT2D eigenvalue weighted by Crippen LogP contribution is 2.42. The van der Waals surface area contributed by atoms with Crippen molar-refractivity contribution in [1.29, 1.82) is 0 Å². The summed E-state index contributed by atoms with van der Waals surface area (Å²) in [6.07, 6.45) is 0.130. The second-order valence-corrected chi connectivity index (χ2v) is 7.72. The predicted octanol–water partition coefficient (Wildman–Crippen LogP) is 4.17. The fourth-order valence-electron chi connectivity index (χ4n) is 2.24. The molecule has 4 nitrogen and oxygen atoms in total. The highest BCUT2D eigenvalue weighted by molar-refractivity contribution is 6.34. The molecule has 1 rings (SSSR count). The van der Waals surface area contributed by atoms with E-state index in [1.165, 1.54) is 0 Å². The zero-order valence-electron chi connectivity index (χ0n) is 15.5. The summed E-state index contributed by atoms with van der Waals surface area (Å²) in [5.41, 5.74) is 1.16. The average Bonchev–Trinajstić information content (AvgIpc) is 2.43. The number of carbonyl (C=O) groups is 2. The van der Waals surface area contributed by atoms with E-state index in [0.717, 1.165) is 11.1 Å². The van der Waals surface area contributed by atoms with Crippen LogP contribution < -0.4 is 9.47 Å². The Kier molecular flexibility index (Phi) is 5.62. The molecule has 0 spiro atoms. The Morgan fingerprint density at radius 1 is 0.957 bits per heavy atom. The van der Waals surface area contributed by atoms with Gasteiger partial charge in [0.2, 0.25) is 5.78 Å². The minimum atomic E-state index is -0.811. The summed E-state index contributed by atoms with van der Waals surface area (Å²) in [6, 6.07) is 3.74. The van der Waals surface area contributed by atoms with E-state index in [0.29, 0.717) is 11.5 Å². The molecule has 0 radical (unpaired) electrons. The molecule has 128 valence electrons. The molecule has 0 aliphatic rings. The van der Waals surface area contributed by atoms with E-state index in [9.17, 15) is 9.59 Å². The van der Waals surface area contributed by atoms with Crippen LogP contribution in [0.2, 0.25) is 0 Å². The first-order valence-corrected chi connectivity index (χ1v) is 7.89. The van der Waals surface area contributed by atoms with Crippen molar-refractivity contribution in [3.63, 3.8) is 0 Å². The Bertz CT molecular complexity index is 566. The van der Waals surface area contributed by atoms with Crippen LogP contribution in [0.4, 0.5) is 0 Å². The fourth-order valence-corrected chi connectivity index (χ4v) is 2.24. The van der Waals surface area contributed by atoms with E-state index in [4.69, 9.17) is 9.47 Å². The van der Waals surface area contributed by atoms with E-state index in [1.807, 2.05) is 53.7 Å². The van der Waals surface area contributed by atoms with Gasteiger partial charge in [0, 0.05) is 17.5 Å². The van der Waals surface area contributed by atoms with Crippen molar-refractivity contribution in [2.45, 2.75) is 65.7 Å². The van der Waals surface area contributed by atoms with Gasteiger partial charge in [-0.05, 0) is 23.0 Å². The lowest BCUT2D eigenvalue weighted by Gasteiger charge is -2.29. The van der Waals surface area contributed by atoms with Crippen LogP contribution in [0, 0.1) is 0 Å². The Balaban J connectivity index is 3.61. The largest absolute Gasteiger partial charge is 0.497 e. The predicted molar refractivity (Wildman–Crippen MR) is 91.3 cm³/mol. The van der Waals surface area contributed by atoms with Gasteiger partial charge >= 0.3 is 5.97 Å². The Morgan fingerprint density at radius 3 is 1.70 bits per heavy atom. The molecule has 0 heterocycles. The third kappa shape index (κ3) is 4.57. The van der Waals surface area contributed by atoms with E-state index in [1.54, 1.807) is 14.0 Å². The summed E-state index contributed by atoms with van der Waals surface area (Å²) in [5.74, 6) is -0.159. The molecule has 23 heavy (non-hydrogen) atoms. The summed E-state index contributed by atoms with van der Waals surface area (Å²) in [7, 11) is 1.61. The molecular formula is C19H28O4. The Morgan fingerprint density at radius 2 is 1.39 bits per heavy atom. The number of ketones is 1. The maximum Gasteiger partial charge on any atom is 0.379 e. The number of hydrogen-bond donors (Lipinski definition) is 0. The van der Waals surface area contributed by atoms with Gasteiger partial charge in [0.25, 0.3) is 0 Å². The monoisotopic (exact) mass is 320 g/mol. The number of carbonyl (C=O) groups excluding carboxylic acids is 2. The first kappa shape index (κ1) is 19.2. The van der Waals surface area contributed by atoms with Crippen molar-refractivity contribution >= 4 is 11.8 Å². The summed E-state index contributed by atoms with van der Waals surface area (Å²) < 4.78 is 10.9. The molecule has 0 N–H and O–H groups in total. The molecule has 0 fully saturated rings. The molecule has 0 atom stereocenters. The van der Waals surface area contributed by atoms with E-state index >= 15 is 0 Å². The first-order valence-electron chi connectivity index (χ1n) is 7.89. The van der Waals surface area contributed by atoms with Gasteiger partial charge in [0.1, 0.15) is 11.5 Å². The van der Waals surface area contributed by atoms with Crippen molar-refractivity contribution < 1.29 is 19.1 Å². The standard InChI is InChI=1S/C19H28O4/c1-9-15(20)17(21)23-16-13(18(2,3)4)10-12(22-8)11-14(16)19(5,6)7/h10-11H,9H2,1-8H3. The minimum Gasteiger partial charge on any atom is -0.497 e. The summed E-state index contributed by atoms with van der Waals surface area (Å²) >= 11 is 0.